The van der Waals surface area contributed by atoms with E-state index in [0.717, 1.165) is 51.1 Å². The van der Waals surface area contributed by atoms with Gasteiger partial charge in [0.25, 0.3) is 5.91 Å². The van der Waals surface area contributed by atoms with Crippen LogP contribution in [0, 0.1) is 0 Å². The van der Waals surface area contributed by atoms with Gasteiger partial charge in [0.1, 0.15) is 0 Å². The van der Waals surface area contributed by atoms with Crippen molar-refractivity contribution in [2.24, 2.45) is 0 Å². The SMILES string of the molecule is CCCCCCCC(=O)N1CCC2(CC1)SCCN2C(=O)c1ccccc1Cl. The van der Waals surface area contributed by atoms with Crippen molar-refractivity contribution in [1.29, 1.82) is 0 Å². The molecule has 6 heteroatoms. The van der Waals surface area contributed by atoms with E-state index in [1.54, 1.807) is 12.1 Å². The highest BCUT2D eigenvalue weighted by molar-refractivity contribution is 8.00. The maximum absolute atomic E-state index is 13.1. The number of rotatable bonds is 7. The van der Waals surface area contributed by atoms with Gasteiger partial charge in [-0.3, -0.25) is 9.59 Å². The van der Waals surface area contributed by atoms with Crippen molar-refractivity contribution in [2.45, 2.75) is 63.2 Å². The third-order valence-corrected chi connectivity index (χ3v) is 7.80. The van der Waals surface area contributed by atoms with Crippen LogP contribution in [-0.2, 0) is 4.79 Å². The second-order valence-corrected chi connectivity index (χ2v) is 9.64. The third-order valence-electron chi connectivity index (χ3n) is 5.92. The number of carbonyl (C=O) groups is 2. The van der Waals surface area contributed by atoms with Crippen LogP contribution >= 0.6 is 23.4 Å². The molecule has 2 amide bonds. The number of thioether (sulfide) groups is 1. The van der Waals surface area contributed by atoms with E-state index in [-0.39, 0.29) is 16.7 Å². The molecular weight excluding hydrogens is 392 g/mol. The van der Waals surface area contributed by atoms with E-state index >= 15 is 0 Å². The minimum Gasteiger partial charge on any atom is -0.342 e. The molecule has 4 nitrogen and oxygen atoms in total. The summed E-state index contributed by atoms with van der Waals surface area (Å²) in [7, 11) is 0. The van der Waals surface area contributed by atoms with Crippen LogP contribution in [0.1, 0.15) is 68.6 Å². The number of hydrogen-bond donors (Lipinski definition) is 0. The van der Waals surface area contributed by atoms with Gasteiger partial charge in [0.2, 0.25) is 5.91 Å². The summed E-state index contributed by atoms with van der Waals surface area (Å²) in [6, 6.07) is 7.28. The van der Waals surface area contributed by atoms with Crippen molar-refractivity contribution in [1.82, 2.24) is 9.80 Å². The zero-order valence-electron chi connectivity index (χ0n) is 16.8. The zero-order valence-corrected chi connectivity index (χ0v) is 18.4. The Kier molecular flexibility index (Phi) is 7.69. The summed E-state index contributed by atoms with van der Waals surface area (Å²) >= 11 is 8.13. The fourth-order valence-corrected chi connectivity index (χ4v) is 5.90. The molecule has 1 aromatic rings. The van der Waals surface area contributed by atoms with Crippen molar-refractivity contribution in [2.75, 3.05) is 25.4 Å². The Morgan fingerprint density at radius 3 is 2.50 bits per heavy atom. The highest BCUT2D eigenvalue weighted by atomic mass is 35.5. The number of carbonyl (C=O) groups excluding carboxylic acids is 2. The van der Waals surface area contributed by atoms with E-state index in [2.05, 4.69) is 6.92 Å². The number of halogens is 1. The van der Waals surface area contributed by atoms with E-state index in [4.69, 9.17) is 11.6 Å². The highest BCUT2D eigenvalue weighted by Crippen LogP contribution is 2.45. The van der Waals surface area contributed by atoms with Crippen molar-refractivity contribution < 1.29 is 9.59 Å². The molecule has 0 saturated carbocycles. The largest absolute Gasteiger partial charge is 0.342 e. The Labute approximate surface area is 178 Å². The highest BCUT2D eigenvalue weighted by Gasteiger charge is 2.47. The standard InChI is InChI=1S/C22H31ClN2O2S/c1-2-3-4-5-6-11-20(26)24-14-12-22(13-15-24)25(16-17-28-22)21(27)18-9-7-8-10-19(18)23/h7-10H,2-6,11-17H2,1H3. The van der Waals surface area contributed by atoms with Crippen molar-refractivity contribution in [3.8, 4) is 0 Å². The molecule has 0 aromatic heterocycles. The summed E-state index contributed by atoms with van der Waals surface area (Å²) in [4.78, 5) is 29.5. The molecule has 0 unspecified atom stereocenters. The Hall–Kier alpha value is -1.20. The van der Waals surface area contributed by atoms with Gasteiger partial charge < -0.3 is 9.80 Å². The monoisotopic (exact) mass is 422 g/mol. The van der Waals surface area contributed by atoms with Crippen LogP contribution in [0.15, 0.2) is 24.3 Å². The second-order valence-electron chi connectivity index (χ2n) is 7.78. The molecule has 1 spiro atoms. The quantitative estimate of drug-likeness (QED) is 0.566. The van der Waals surface area contributed by atoms with E-state index < -0.39 is 0 Å². The Bertz CT molecular complexity index is 689. The molecular formula is C22H31ClN2O2S. The van der Waals surface area contributed by atoms with Gasteiger partial charge in [-0.05, 0) is 31.4 Å². The van der Waals surface area contributed by atoms with Gasteiger partial charge in [0.15, 0.2) is 0 Å². The Balaban J connectivity index is 1.55. The van der Waals surface area contributed by atoms with Crippen LogP contribution in [0.3, 0.4) is 0 Å². The molecule has 2 heterocycles. The fourth-order valence-electron chi connectivity index (χ4n) is 4.23. The van der Waals surface area contributed by atoms with Crippen LogP contribution in [0.4, 0.5) is 0 Å². The minimum absolute atomic E-state index is 0.0197. The average Bonchev–Trinajstić information content (AvgIpc) is 3.11. The number of unbranched alkanes of at least 4 members (excludes halogenated alkanes) is 4. The van der Waals surface area contributed by atoms with Crippen LogP contribution in [-0.4, -0.2) is 51.9 Å². The summed E-state index contributed by atoms with van der Waals surface area (Å²) in [5, 5.41) is 0.509. The first kappa shape index (κ1) is 21.5. The molecule has 2 fully saturated rings. The van der Waals surface area contributed by atoms with Crippen LogP contribution in [0.2, 0.25) is 5.02 Å². The Morgan fingerprint density at radius 2 is 1.79 bits per heavy atom. The molecule has 2 aliphatic heterocycles. The molecule has 1 aromatic carbocycles. The lowest BCUT2D eigenvalue weighted by atomic mass is 10.00. The lowest BCUT2D eigenvalue weighted by molar-refractivity contribution is -0.132. The molecule has 2 aliphatic rings. The summed E-state index contributed by atoms with van der Waals surface area (Å²) in [5.41, 5.74) is 0.580. The second kappa shape index (κ2) is 10.0. The molecule has 0 atom stereocenters. The summed E-state index contributed by atoms with van der Waals surface area (Å²) in [6.45, 7) is 4.44. The van der Waals surface area contributed by atoms with E-state index in [1.165, 1.54) is 19.3 Å². The van der Waals surface area contributed by atoms with Crippen molar-refractivity contribution in [3.63, 3.8) is 0 Å². The smallest absolute Gasteiger partial charge is 0.256 e. The fraction of sp³-hybridized carbons (Fsp3) is 0.636. The van der Waals surface area contributed by atoms with Crippen LogP contribution < -0.4 is 0 Å². The number of hydrogen-bond acceptors (Lipinski definition) is 3. The van der Waals surface area contributed by atoms with E-state index in [1.807, 2.05) is 33.7 Å². The molecule has 0 N–H and O–H groups in total. The predicted octanol–water partition coefficient (Wildman–Crippen LogP) is 5.21. The predicted molar refractivity (Wildman–Crippen MR) is 117 cm³/mol. The molecule has 3 rings (SSSR count). The van der Waals surface area contributed by atoms with Gasteiger partial charge in [-0.1, -0.05) is 56.3 Å². The lowest BCUT2D eigenvalue weighted by Crippen LogP contribution is -2.53. The van der Waals surface area contributed by atoms with Crippen LogP contribution in [0.5, 0.6) is 0 Å². The van der Waals surface area contributed by atoms with E-state index in [0.29, 0.717) is 17.0 Å². The average molecular weight is 423 g/mol. The van der Waals surface area contributed by atoms with E-state index in [9.17, 15) is 9.59 Å². The topological polar surface area (TPSA) is 40.6 Å². The summed E-state index contributed by atoms with van der Waals surface area (Å²) in [5.74, 6) is 1.24. The zero-order chi connectivity index (χ0) is 20.0. The molecule has 28 heavy (non-hydrogen) atoms. The van der Waals surface area contributed by atoms with Gasteiger partial charge in [0.05, 0.1) is 15.5 Å². The Morgan fingerprint density at radius 1 is 1.07 bits per heavy atom. The molecule has 0 bridgehead atoms. The molecule has 154 valence electrons. The van der Waals surface area contributed by atoms with Gasteiger partial charge in [-0.2, -0.15) is 0 Å². The third kappa shape index (κ3) is 4.85. The maximum Gasteiger partial charge on any atom is 0.256 e. The maximum atomic E-state index is 13.1. The number of amides is 2. The van der Waals surface area contributed by atoms with Crippen LogP contribution in [0.25, 0.3) is 0 Å². The summed E-state index contributed by atoms with van der Waals surface area (Å²) in [6.07, 6.45) is 8.19. The molecule has 0 radical (unpaired) electrons. The number of likely N-dealkylation sites (tertiary alicyclic amines) is 1. The normalized spacial score (nSPS) is 18.6. The van der Waals surface area contributed by atoms with Gasteiger partial charge >= 0.3 is 0 Å². The lowest BCUT2D eigenvalue weighted by Gasteiger charge is -2.44. The molecule has 2 saturated heterocycles. The molecule has 0 aliphatic carbocycles. The van der Waals surface area contributed by atoms with Crippen molar-refractivity contribution >= 4 is 35.2 Å². The van der Waals surface area contributed by atoms with Gasteiger partial charge in [-0.15, -0.1) is 11.8 Å². The first-order chi connectivity index (χ1) is 13.6. The summed E-state index contributed by atoms with van der Waals surface area (Å²) < 4.78 is 0. The van der Waals surface area contributed by atoms with Crippen molar-refractivity contribution in [3.05, 3.63) is 34.9 Å². The number of piperidine rings is 1. The minimum atomic E-state index is -0.186. The number of nitrogens with zero attached hydrogens (tertiary/aromatic N) is 2. The first-order valence-corrected chi connectivity index (χ1v) is 11.9. The number of benzene rings is 1. The van der Waals surface area contributed by atoms with Gasteiger partial charge in [-0.25, -0.2) is 0 Å². The van der Waals surface area contributed by atoms with Gasteiger partial charge in [0, 0.05) is 31.8 Å². The first-order valence-electron chi connectivity index (χ1n) is 10.6.